The highest BCUT2D eigenvalue weighted by molar-refractivity contribution is 8.00. The molecular weight excluding hydrogens is 259 g/mol. The number of esters is 1. The van der Waals surface area contributed by atoms with E-state index < -0.39 is 23.2 Å². The van der Waals surface area contributed by atoms with Gasteiger partial charge in [-0.3, -0.25) is 4.79 Å². The van der Waals surface area contributed by atoms with E-state index in [2.05, 4.69) is 10.2 Å². The van der Waals surface area contributed by atoms with Crippen LogP contribution in [0.2, 0.25) is 0 Å². The van der Waals surface area contributed by atoms with Crippen molar-refractivity contribution in [2.75, 3.05) is 6.61 Å². The van der Waals surface area contributed by atoms with Gasteiger partial charge in [0.05, 0.1) is 6.61 Å². The maximum absolute atomic E-state index is 12.4. The minimum absolute atomic E-state index is 0.0566. The van der Waals surface area contributed by atoms with E-state index >= 15 is 0 Å². The highest BCUT2D eigenvalue weighted by atomic mass is 32.2. The van der Waals surface area contributed by atoms with Crippen LogP contribution in [0.3, 0.4) is 0 Å². The molecule has 0 aliphatic carbocycles. The monoisotopic (exact) mass is 267 g/mol. The molecule has 0 bridgehead atoms. The SMILES string of the molecule is Cn1c(S[C@@H]2CCOC2=O)nnc1C(F)(F)F. The molecule has 0 aromatic carbocycles. The van der Waals surface area contributed by atoms with Crippen LogP contribution in [0.5, 0.6) is 0 Å². The number of ether oxygens (including phenoxy) is 1. The minimum Gasteiger partial charge on any atom is -0.465 e. The Bertz CT molecular complexity index is 446. The van der Waals surface area contributed by atoms with Gasteiger partial charge in [-0.1, -0.05) is 11.8 Å². The van der Waals surface area contributed by atoms with Crippen LogP contribution in [-0.4, -0.2) is 32.6 Å². The zero-order valence-corrected chi connectivity index (χ0v) is 9.51. The number of hydrogen-bond donors (Lipinski definition) is 0. The number of carbonyl (C=O) groups is 1. The summed E-state index contributed by atoms with van der Waals surface area (Å²) < 4.78 is 42.8. The molecule has 0 spiro atoms. The zero-order valence-electron chi connectivity index (χ0n) is 8.69. The molecule has 1 aromatic heterocycles. The Labute approximate surface area is 98.3 Å². The Morgan fingerprint density at radius 3 is 2.65 bits per heavy atom. The van der Waals surface area contributed by atoms with Gasteiger partial charge < -0.3 is 9.30 Å². The zero-order chi connectivity index (χ0) is 12.6. The predicted octanol–water partition coefficient (Wildman–Crippen LogP) is 1.24. The van der Waals surface area contributed by atoms with Gasteiger partial charge in [0.2, 0.25) is 5.82 Å². The van der Waals surface area contributed by atoms with Crippen LogP contribution in [-0.2, 0) is 22.8 Å². The van der Waals surface area contributed by atoms with Gasteiger partial charge in [0.1, 0.15) is 5.25 Å². The molecule has 94 valence electrons. The largest absolute Gasteiger partial charge is 0.465 e. The van der Waals surface area contributed by atoms with Gasteiger partial charge in [-0.2, -0.15) is 13.2 Å². The number of nitrogens with zero attached hydrogens (tertiary/aromatic N) is 3. The van der Waals surface area contributed by atoms with E-state index in [0.29, 0.717) is 13.0 Å². The average molecular weight is 267 g/mol. The number of carbonyl (C=O) groups excluding carboxylic acids is 1. The van der Waals surface area contributed by atoms with Crippen LogP contribution in [0.25, 0.3) is 0 Å². The molecule has 1 atom stereocenters. The highest BCUT2D eigenvalue weighted by Gasteiger charge is 2.38. The quantitative estimate of drug-likeness (QED) is 0.755. The molecule has 1 aliphatic rings. The van der Waals surface area contributed by atoms with Crippen LogP contribution < -0.4 is 0 Å². The lowest BCUT2D eigenvalue weighted by atomic mass is 10.4. The molecule has 1 fully saturated rings. The standard InChI is InChI=1S/C8H8F3N3O2S/c1-14-6(8(9,10)11)12-13-7(14)17-4-2-3-16-5(4)15/h4H,2-3H2,1H3/t4-/m1/s1. The molecule has 1 saturated heterocycles. The second-order valence-electron chi connectivity index (χ2n) is 3.43. The average Bonchev–Trinajstić information content (AvgIpc) is 2.75. The Balaban J connectivity index is 2.18. The van der Waals surface area contributed by atoms with Crippen LogP contribution in [0.15, 0.2) is 5.16 Å². The lowest BCUT2D eigenvalue weighted by Gasteiger charge is -2.07. The molecule has 0 amide bonds. The Kier molecular flexibility index (Phi) is 3.02. The van der Waals surface area contributed by atoms with Gasteiger partial charge in [0.25, 0.3) is 0 Å². The van der Waals surface area contributed by atoms with Gasteiger partial charge in [0.15, 0.2) is 5.16 Å². The van der Waals surface area contributed by atoms with E-state index in [1.807, 2.05) is 0 Å². The fourth-order valence-electron chi connectivity index (χ4n) is 1.38. The summed E-state index contributed by atoms with van der Waals surface area (Å²) in [4.78, 5) is 11.2. The van der Waals surface area contributed by atoms with Crippen molar-refractivity contribution in [3.05, 3.63) is 5.82 Å². The molecule has 2 heterocycles. The normalized spacial score (nSPS) is 20.7. The highest BCUT2D eigenvalue weighted by Crippen LogP contribution is 2.32. The van der Waals surface area contributed by atoms with Crippen LogP contribution in [0, 0.1) is 0 Å². The van der Waals surface area contributed by atoms with Crippen LogP contribution in [0.4, 0.5) is 13.2 Å². The third-order valence-electron chi connectivity index (χ3n) is 2.22. The second-order valence-corrected chi connectivity index (χ2v) is 4.60. The topological polar surface area (TPSA) is 57.0 Å². The van der Waals surface area contributed by atoms with Crippen molar-refractivity contribution in [3.8, 4) is 0 Å². The third kappa shape index (κ3) is 2.38. The molecular formula is C8H8F3N3O2S. The van der Waals surface area contributed by atoms with Gasteiger partial charge in [-0.05, 0) is 0 Å². The second kappa shape index (κ2) is 4.21. The first kappa shape index (κ1) is 12.2. The fourth-order valence-corrected chi connectivity index (χ4v) is 2.34. The smallest absolute Gasteiger partial charge is 0.451 e. The van der Waals surface area contributed by atoms with Crippen molar-refractivity contribution >= 4 is 17.7 Å². The van der Waals surface area contributed by atoms with E-state index in [1.54, 1.807) is 0 Å². The molecule has 1 aromatic rings. The molecule has 17 heavy (non-hydrogen) atoms. The predicted molar refractivity (Wildman–Crippen MR) is 51.2 cm³/mol. The van der Waals surface area contributed by atoms with Gasteiger partial charge in [-0.15, -0.1) is 10.2 Å². The molecule has 0 radical (unpaired) electrons. The fraction of sp³-hybridized carbons (Fsp3) is 0.625. The van der Waals surface area contributed by atoms with Crippen molar-refractivity contribution in [1.82, 2.24) is 14.8 Å². The van der Waals surface area contributed by atoms with E-state index in [-0.39, 0.29) is 5.16 Å². The Morgan fingerprint density at radius 1 is 1.47 bits per heavy atom. The first-order valence-corrected chi connectivity index (χ1v) is 5.57. The van der Waals surface area contributed by atoms with E-state index in [1.165, 1.54) is 7.05 Å². The van der Waals surface area contributed by atoms with Crippen molar-refractivity contribution in [3.63, 3.8) is 0 Å². The molecule has 0 N–H and O–H groups in total. The summed E-state index contributed by atoms with van der Waals surface area (Å²) in [5.41, 5.74) is 0. The third-order valence-corrected chi connectivity index (χ3v) is 3.50. The van der Waals surface area contributed by atoms with Crippen molar-refractivity contribution in [2.45, 2.75) is 23.0 Å². The minimum atomic E-state index is -4.54. The first-order chi connectivity index (χ1) is 7.89. The number of alkyl halides is 3. The summed E-state index contributed by atoms with van der Waals surface area (Å²) in [7, 11) is 1.21. The van der Waals surface area contributed by atoms with Crippen molar-refractivity contribution < 1.29 is 22.7 Å². The summed E-state index contributed by atoms with van der Waals surface area (Å²) in [6.45, 7) is 0.292. The Hall–Kier alpha value is -1.25. The number of hydrogen-bond acceptors (Lipinski definition) is 5. The summed E-state index contributed by atoms with van der Waals surface area (Å²) in [6, 6.07) is 0. The summed E-state index contributed by atoms with van der Waals surface area (Å²) >= 11 is 0.938. The van der Waals surface area contributed by atoms with E-state index in [9.17, 15) is 18.0 Å². The molecule has 9 heteroatoms. The molecule has 0 saturated carbocycles. The van der Waals surface area contributed by atoms with Gasteiger partial charge in [0, 0.05) is 13.5 Å². The molecule has 0 unspecified atom stereocenters. The number of halogens is 3. The number of thioether (sulfide) groups is 1. The molecule has 5 nitrogen and oxygen atoms in total. The first-order valence-electron chi connectivity index (χ1n) is 4.69. The van der Waals surface area contributed by atoms with Crippen molar-refractivity contribution in [2.24, 2.45) is 7.05 Å². The summed E-state index contributed by atoms with van der Waals surface area (Å²) in [5.74, 6) is -1.50. The molecule has 2 rings (SSSR count). The summed E-state index contributed by atoms with van der Waals surface area (Å²) in [5, 5.41) is 6.05. The van der Waals surface area contributed by atoms with Crippen LogP contribution >= 0.6 is 11.8 Å². The van der Waals surface area contributed by atoms with Crippen LogP contribution in [0.1, 0.15) is 12.2 Å². The van der Waals surface area contributed by atoms with Crippen molar-refractivity contribution in [1.29, 1.82) is 0 Å². The lowest BCUT2D eigenvalue weighted by Crippen LogP contribution is -2.14. The maximum atomic E-state index is 12.4. The maximum Gasteiger partial charge on any atom is 0.451 e. The van der Waals surface area contributed by atoms with Gasteiger partial charge >= 0.3 is 12.1 Å². The number of aromatic nitrogens is 3. The van der Waals surface area contributed by atoms with E-state index in [0.717, 1.165) is 16.3 Å². The lowest BCUT2D eigenvalue weighted by molar-refractivity contribution is -0.147. The molecule has 1 aliphatic heterocycles. The number of rotatable bonds is 2. The summed E-state index contributed by atoms with van der Waals surface area (Å²) in [6.07, 6.45) is -4.07. The van der Waals surface area contributed by atoms with Gasteiger partial charge in [-0.25, -0.2) is 0 Å². The Morgan fingerprint density at radius 2 is 2.18 bits per heavy atom. The van der Waals surface area contributed by atoms with E-state index in [4.69, 9.17) is 4.74 Å². The number of cyclic esters (lactones) is 1.